The van der Waals surface area contributed by atoms with Crippen LogP contribution in [-0.2, 0) is 26.6 Å². The van der Waals surface area contributed by atoms with Gasteiger partial charge in [0.1, 0.15) is 0 Å². The number of ether oxygens (including phenoxy) is 1. The maximum atomic E-state index is 12.8. The molecule has 1 aromatic carbocycles. The molecule has 2 heterocycles. The van der Waals surface area contributed by atoms with Crippen LogP contribution in [0.5, 0.6) is 0 Å². The van der Waals surface area contributed by atoms with Crippen LogP contribution in [0.4, 0.5) is 5.69 Å². The van der Waals surface area contributed by atoms with Crippen LogP contribution in [-0.4, -0.2) is 54.1 Å². The van der Waals surface area contributed by atoms with Gasteiger partial charge in [0, 0.05) is 32.0 Å². The number of anilines is 1. The van der Waals surface area contributed by atoms with Crippen LogP contribution in [0.2, 0.25) is 0 Å². The van der Waals surface area contributed by atoms with Crippen molar-refractivity contribution < 1.29 is 22.7 Å². The largest absolute Gasteiger partial charge is 0.452 e. The number of sulfonamides is 1. The lowest BCUT2D eigenvalue weighted by molar-refractivity contribution is -0.119. The molecule has 0 aliphatic carbocycles. The zero-order valence-electron chi connectivity index (χ0n) is 16.2. The summed E-state index contributed by atoms with van der Waals surface area (Å²) in [6.45, 7) is 0.605. The second-order valence-corrected chi connectivity index (χ2v) is 8.81. The fourth-order valence-electron chi connectivity index (χ4n) is 3.08. The molecule has 0 atom stereocenters. The molecule has 9 nitrogen and oxygen atoms in total. The lowest BCUT2D eigenvalue weighted by atomic mass is 10.2. The van der Waals surface area contributed by atoms with Crippen molar-refractivity contribution in [3.63, 3.8) is 0 Å². The van der Waals surface area contributed by atoms with E-state index in [0.29, 0.717) is 18.8 Å². The van der Waals surface area contributed by atoms with Crippen LogP contribution >= 0.6 is 0 Å². The first-order chi connectivity index (χ1) is 13.9. The summed E-state index contributed by atoms with van der Waals surface area (Å²) in [6, 6.07) is 5.98. The van der Waals surface area contributed by atoms with Crippen LogP contribution in [0.15, 0.2) is 41.6 Å². The second kappa shape index (κ2) is 9.19. The molecule has 1 aromatic heterocycles. The second-order valence-electron chi connectivity index (χ2n) is 6.87. The molecule has 1 aliphatic heterocycles. The van der Waals surface area contributed by atoms with Gasteiger partial charge in [0.15, 0.2) is 6.61 Å². The van der Waals surface area contributed by atoms with Crippen molar-refractivity contribution in [1.82, 2.24) is 14.1 Å². The lowest BCUT2D eigenvalue weighted by Crippen LogP contribution is -2.31. The standard InChI is InChI=1S/C19H24N4O5S/c1-22-13-15(12-20-22)19(25)28-14-18(24)21-16-6-8-17(9-7-16)29(26,27)23-10-4-2-3-5-11-23/h6-9,12-13H,2-5,10-11,14H2,1H3,(H,21,24). The van der Waals surface area contributed by atoms with Gasteiger partial charge >= 0.3 is 5.97 Å². The number of amides is 1. The molecule has 0 saturated carbocycles. The van der Waals surface area contributed by atoms with Gasteiger partial charge in [-0.05, 0) is 37.1 Å². The van der Waals surface area contributed by atoms with E-state index in [1.807, 2.05) is 0 Å². The fourth-order valence-corrected chi connectivity index (χ4v) is 4.60. The highest BCUT2D eigenvalue weighted by Gasteiger charge is 2.25. The molecule has 1 saturated heterocycles. The molecule has 29 heavy (non-hydrogen) atoms. The summed E-state index contributed by atoms with van der Waals surface area (Å²) in [5.74, 6) is -1.17. The Hall–Kier alpha value is -2.72. The molecule has 156 valence electrons. The number of carbonyl (C=O) groups is 2. The third kappa shape index (κ3) is 5.42. The summed E-state index contributed by atoms with van der Waals surface area (Å²) in [6.07, 6.45) is 6.66. The van der Waals surface area contributed by atoms with E-state index in [9.17, 15) is 18.0 Å². The summed E-state index contributed by atoms with van der Waals surface area (Å²) in [4.78, 5) is 24.0. The first kappa shape index (κ1) is 21.0. The van der Waals surface area contributed by atoms with E-state index >= 15 is 0 Å². The number of nitrogens with one attached hydrogen (secondary N) is 1. The van der Waals surface area contributed by atoms with Gasteiger partial charge in [-0.25, -0.2) is 13.2 Å². The number of nitrogens with zero attached hydrogens (tertiary/aromatic N) is 3. The maximum Gasteiger partial charge on any atom is 0.341 e. The van der Waals surface area contributed by atoms with Gasteiger partial charge in [0.05, 0.1) is 16.7 Å². The first-order valence-corrected chi connectivity index (χ1v) is 10.9. The Labute approximate surface area is 169 Å². The van der Waals surface area contributed by atoms with Crippen LogP contribution in [0.25, 0.3) is 0 Å². The van der Waals surface area contributed by atoms with Crippen molar-refractivity contribution in [3.8, 4) is 0 Å². The summed E-state index contributed by atoms with van der Waals surface area (Å²) in [5.41, 5.74) is 0.672. The number of hydrogen-bond donors (Lipinski definition) is 1. The predicted octanol–water partition coefficient (Wildman–Crippen LogP) is 1.78. The minimum atomic E-state index is -3.54. The quantitative estimate of drug-likeness (QED) is 0.713. The number of rotatable bonds is 6. The molecule has 0 unspecified atom stereocenters. The van der Waals surface area contributed by atoms with Crippen molar-refractivity contribution in [2.75, 3.05) is 25.0 Å². The van der Waals surface area contributed by atoms with E-state index < -0.39 is 28.5 Å². The van der Waals surface area contributed by atoms with Crippen molar-refractivity contribution in [3.05, 3.63) is 42.2 Å². The highest BCUT2D eigenvalue weighted by Crippen LogP contribution is 2.21. The highest BCUT2D eigenvalue weighted by atomic mass is 32.2. The molecule has 1 amide bonds. The zero-order chi connectivity index (χ0) is 20.9. The number of esters is 1. The Morgan fingerprint density at radius 1 is 1.10 bits per heavy atom. The fraction of sp³-hybridized carbons (Fsp3) is 0.421. The van der Waals surface area contributed by atoms with Crippen molar-refractivity contribution in [1.29, 1.82) is 0 Å². The summed E-state index contributed by atoms with van der Waals surface area (Å²) in [7, 11) is -1.87. The van der Waals surface area contributed by atoms with Crippen molar-refractivity contribution in [2.45, 2.75) is 30.6 Å². The molecule has 1 fully saturated rings. The zero-order valence-corrected chi connectivity index (χ0v) is 17.0. The predicted molar refractivity (Wildman–Crippen MR) is 106 cm³/mol. The van der Waals surface area contributed by atoms with E-state index in [0.717, 1.165) is 25.7 Å². The SMILES string of the molecule is Cn1cc(C(=O)OCC(=O)Nc2ccc(S(=O)(=O)N3CCCCCC3)cc2)cn1. The Kier molecular flexibility index (Phi) is 6.65. The van der Waals surface area contributed by atoms with Gasteiger partial charge in [0.25, 0.3) is 5.91 Å². The summed E-state index contributed by atoms with van der Waals surface area (Å²) >= 11 is 0. The van der Waals surface area contributed by atoms with Gasteiger partial charge in [0.2, 0.25) is 10.0 Å². The van der Waals surface area contributed by atoms with E-state index in [-0.39, 0.29) is 10.5 Å². The number of hydrogen-bond acceptors (Lipinski definition) is 6. The third-order valence-electron chi connectivity index (χ3n) is 4.62. The average Bonchev–Trinajstić information content (AvgIpc) is 2.95. The van der Waals surface area contributed by atoms with E-state index in [4.69, 9.17) is 4.74 Å². The molecule has 0 spiro atoms. The Balaban J connectivity index is 1.55. The third-order valence-corrected chi connectivity index (χ3v) is 6.53. The maximum absolute atomic E-state index is 12.8. The van der Waals surface area contributed by atoms with E-state index in [1.165, 1.54) is 45.6 Å². The lowest BCUT2D eigenvalue weighted by Gasteiger charge is -2.20. The van der Waals surface area contributed by atoms with Crippen LogP contribution in [0, 0.1) is 0 Å². The molecule has 3 rings (SSSR count). The molecule has 0 bridgehead atoms. The monoisotopic (exact) mass is 420 g/mol. The van der Waals surface area contributed by atoms with Gasteiger partial charge in [-0.2, -0.15) is 9.40 Å². The van der Waals surface area contributed by atoms with Gasteiger partial charge < -0.3 is 10.1 Å². The molecule has 10 heteroatoms. The van der Waals surface area contributed by atoms with E-state index in [1.54, 1.807) is 7.05 Å². The molecule has 0 radical (unpaired) electrons. The normalized spacial score (nSPS) is 15.5. The Bertz CT molecular complexity index is 961. The first-order valence-electron chi connectivity index (χ1n) is 9.42. The van der Waals surface area contributed by atoms with Crippen LogP contribution < -0.4 is 5.32 Å². The highest BCUT2D eigenvalue weighted by molar-refractivity contribution is 7.89. The number of carbonyl (C=O) groups excluding carboxylic acids is 2. The number of aryl methyl sites for hydroxylation is 1. The smallest absolute Gasteiger partial charge is 0.341 e. The van der Waals surface area contributed by atoms with E-state index in [2.05, 4.69) is 10.4 Å². The minimum Gasteiger partial charge on any atom is -0.452 e. The topological polar surface area (TPSA) is 111 Å². The molecule has 2 aromatic rings. The minimum absolute atomic E-state index is 0.195. The van der Waals surface area contributed by atoms with Crippen molar-refractivity contribution in [2.24, 2.45) is 7.05 Å². The summed E-state index contributed by atoms with van der Waals surface area (Å²) < 4.78 is 33.4. The van der Waals surface area contributed by atoms with Crippen molar-refractivity contribution >= 4 is 27.6 Å². The average molecular weight is 420 g/mol. The number of benzene rings is 1. The van der Waals surface area contributed by atoms with Gasteiger partial charge in [-0.1, -0.05) is 12.8 Å². The Morgan fingerprint density at radius 2 is 1.76 bits per heavy atom. The Morgan fingerprint density at radius 3 is 2.34 bits per heavy atom. The molecule has 1 aliphatic rings. The molecular formula is C19H24N4O5S. The van der Waals surface area contributed by atoms with Gasteiger partial charge in [-0.15, -0.1) is 0 Å². The van der Waals surface area contributed by atoms with Crippen LogP contribution in [0.3, 0.4) is 0 Å². The summed E-state index contributed by atoms with van der Waals surface area (Å²) in [5, 5.41) is 6.44. The number of aromatic nitrogens is 2. The molecule has 1 N–H and O–H groups in total. The molecular weight excluding hydrogens is 396 g/mol. The van der Waals surface area contributed by atoms with Gasteiger partial charge in [-0.3, -0.25) is 9.48 Å². The van der Waals surface area contributed by atoms with Crippen LogP contribution in [0.1, 0.15) is 36.0 Å².